The molecule has 0 aliphatic carbocycles. The van der Waals surface area contributed by atoms with Crippen LogP contribution in [0.2, 0.25) is 5.02 Å². The van der Waals surface area contributed by atoms with Gasteiger partial charge < -0.3 is 10.1 Å². The number of carbonyl (C=O) groups excluding carboxylic acids is 1. The lowest BCUT2D eigenvalue weighted by Crippen LogP contribution is -2.41. The molecule has 0 aromatic heterocycles. The van der Waals surface area contributed by atoms with Gasteiger partial charge in [-0.2, -0.15) is 0 Å². The first-order valence-electron chi connectivity index (χ1n) is 6.77. The number of ether oxygens (including phenoxy) is 1. The fourth-order valence-corrected chi connectivity index (χ4v) is 2.27. The number of halogens is 1. The molecule has 1 aliphatic heterocycles. The molecule has 1 atom stereocenters. The largest absolute Gasteiger partial charge is 0.376 e. The van der Waals surface area contributed by atoms with E-state index in [9.17, 15) is 4.79 Å². The first kappa shape index (κ1) is 15.9. The highest BCUT2D eigenvalue weighted by atomic mass is 35.5. The summed E-state index contributed by atoms with van der Waals surface area (Å²) >= 11 is 10.9. The normalized spacial score (nSPS) is 17.9. The van der Waals surface area contributed by atoms with Crippen LogP contribution in [0.25, 0.3) is 6.08 Å². The Kier molecular flexibility index (Phi) is 6.17. The monoisotopic (exact) mass is 324 g/mol. The Hall–Kier alpha value is -1.43. The lowest BCUT2D eigenvalue weighted by atomic mass is 10.2. The SMILES string of the molecule is O=C(/C=C/c1ccc(Cl)cc1)NC(=S)NCC1CCCO1. The molecule has 1 amide bonds. The summed E-state index contributed by atoms with van der Waals surface area (Å²) in [7, 11) is 0. The van der Waals surface area contributed by atoms with Crippen LogP contribution in [-0.4, -0.2) is 30.3 Å². The molecular weight excluding hydrogens is 308 g/mol. The van der Waals surface area contributed by atoms with Crippen LogP contribution < -0.4 is 10.6 Å². The van der Waals surface area contributed by atoms with Gasteiger partial charge in [-0.25, -0.2) is 0 Å². The summed E-state index contributed by atoms with van der Waals surface area (Å²) in [6.45, 7) is 1.43. The minimum atomic E-state index is -0.269. The van der Waals surface area contributed by atoms with E-state index in [-0.39, 0.29) is 12.0 Å². The molecule has 0 saturated carbocycles. The van der Waals surface area contributed by atoms with Crippen molar-refractivity contribution < 1.29 is 9.53 Å². The highest BCUT2D eigenvalue weighted by molar-refractivity contribution is 7.80. The highest BCUT2D eigenvalue weighted by Gasteiger charge is 2.15. The Labute approximate surface area is 134 Å². The third-order valence-corrected chi connectivity index (χ3v) is 3.55. The highest BCUT2D eigenvalue weighted by Crippen LogP contribution is 2.11. The van der Waals surface area contributed by atoms with Gasteiger partial charge >= 0.3 is 0 Å². The number of rotatable bonds is 4. The van der Waals surface area contributed by atoms with Crippen LogP contribution in [0.4, 0.5) is 0 Å². The molecule has 0 spiro atoms. The van der Waals surface area contributed by atoms with Crippen molar-refractivity contribution in [3.63, 3.8) is 0 Å². The minimum Gasteiger partial charge on any atom is -0.376 e. The smallest absolute Gasteiger partial charge is 0.250 e. The van der Waals surface area contributed by atoms with Crippen molar-refractivity contribution in [2.24, 2.45) is 0 Å². The Morgan fingerprint density at radius 2 is 2.19 bits per heavy atom. The summed E-state index contributed by atoms with van der Waals surface area (Å²) in [4.78, 5) is 11.7. The molecule has 1 aliphatic rings. The van der Waals surface area contributed by atoms with Gasteiger partial charge in [0, 0.05) is 24.3 Å². The predicted molar refractivity (Wildman–Crippen MR) is 88.2 cm³/mol. The average molecular weight is 325 g/mol. The maximum absolute atomic E-state index is 11.7. The van der Waals surface area contributed by atoms with Gasteiger partial charge in [-0.1, -0.05) is 23.7 Å². The van der Waals surface area contributed by atoms with Crippen molar-refractivity contribution in [3.05, 3.63) is 40.9 Å². The molecule has 1 heterocycles. The maximum Gasteiger partial charge on any atom is 0.250 e. The van der Waals surface area contributed by atoms with Crippen LogP contribution in [0, 0.1) is 0 Å². The van der Waals surface area contributed by atoms with E-state index in [1.807, 2.05) is 12.1 Å². The van der Waals surface area contributed by atoms with Crippen LogP contribution >= 0.6 is 23.8 Å². The minimum absolute atomic E-state index is 0.185. The Bertz CT molecular complexity index is 525. The molecule has 1 saturated heterocycles. The third-order valence-electron chi connectivity index (χ3n) is 3.05. The van der Waals surface area contributed by atoms with Gasteiger partial charge in [0.25, 0.3) is 0 Å². The zero-order valence-corrected chi connectivity index (χ0v) is 13.0. The average Bonchev–Trinajstić information content (AvgIpc) is 2.98. The van der Waals surface area contributed by atoms with E-state index in [0.29, 0.717) is 16.7 Å². The van der Waals surface area contributed by atoms with E-state index in [2.05, 4.69) is 10.6 Å². The topological polar surface area (TPSA) is 50.4 Å². The number of carbonyl (C=O) groups is 1. The van der Waals surface area contributed by atoms with Gasteiger partial charge in [0.1, 0.15) is 0 Å². The van der Waals surface area contributed by atoms with Crippen molar-refractivity contribution in [3.8, 4) is 0 Å². The summed E-state index contributed by atoms with van der Waals surface area (Å²) < 4.78 is 5.46. The predicted octanol–water partition coefficient (Wildman–Crippen LogP) is 2.52. The number of nitrogens with one attached hydrogen (secondary N) is 2. The lowest BCUT2D eigenvalue weighted by Gasteiger charge is -2.12. The molecule has 21 heavy (non-hydrogen) atoms. The molecule has 0 bridgehead atoms. The van der Waals surface area contributed by atoms with E-state index in [4.69, 9.17) is 28.6 Å². The summed E-state index contributed by atoms with van der Waals surface area (Å²) in [5.41, 5.74) is 0.896. The number of thiocarbonyl (C=S) groups is 1. The second-order valence-electron chi connectivity index (χ2n) is 4.72. The molecule has 112 valence electrons. The van der Waals surface area contributed by atoms with Crippen LogP contribution in [0.5, 0.6) is 0 Å². The van der Waals surface area contributed by atoms with E-state index in [1.165, 1.54) is 6.08 Å². The van der Waals surface area contributed by atoms with Crippen molar-refractivity contribution in [2.75, 3.05) is 13.2 Å². The van der Waals surface area contributed by atoms with Crippen LogP contribution in [0.1, 0.15) is 18.4 Å². The summed E-state index contributed by atoms with van der Waals surface area (Å²) in [6.07, 6.45) is 5.43. The van der Waals surface area contributed by atoms with Crippen molar-refractivity contribution in [1.82, 2.24) is 10.6 Å². The molecule has 2 rings (SSSR count). The first-order chi connectivity index (χ1) is 10.1. The quantitative estimate of drug-likeness (QED) is 0.660. The van der Waals surface area contributed by atoms with E-state index >= 15 is 0 Å². The van der Waals surface area contributed by atoms with E-state index < -0.39 is 0 Å². The van der Waals surface area contributed by atoms with Crippen molar-refractivity contribution >= 4 is 40.9 Å². The second kappa shape index (κ2) is 8.12. The molecule has 1 unspecified atom stereocenters. The standard InChI is InChI=1S/C15H17ClN2O2S/c16-12-6-3-11(4-7-12)5-8-14(19)18-15(21)17-10-13-2-1-9-20-13/h3-8,13H,1-2,9-10H2,(H2,17,18,19,21)/b8-5+. The summed E-state index contributed by atoms with van der Waals surface area (Å²) in [5.74, 6) is -0.269. The molecule has 1 aromatic carbocycles. The Balaban J connectivity index is 1.72. The Morgan fingerprint density at radius 3 is 2.86 bits per heavy atom. The zero-order chi connectivity index (χ0) is 15.1. The number of amides is 1. The van der Waals surface area contributed by atoms with Crippen LogP contribution in [0.3, 0.4) is 0 Å². The lowest BCUT2D eigenvalue weighted by molar-refractivity contribution is -0.115. The maximum atomic E-state index is 11.7. The van der Waals surface area contributed by atoms with Gasteiger partial charge in [0.15, 0.2) is 5.11 Å². The fraction of sp³-hybridized carbons (Fsp3) is 0.333. The molecule has 1 fully saturated rings. The van der Waals surface area contributed by atoms with Crippen LogP contribution in [-0.2, 0) is 9.53 Å². The molecule has 2 N–H and O–H groups in total. The number of benzene rings is 1. The third kappa shape index (κ3) is 5.83. The van der Waals surface area contributed by atoms with Gasteiger partial charge in [-0.15, -0.1) is 0 Å². The van der Waals surface area contributed by atoms with Crippen molar-refractivity contribution in [1.29, 1.82) is 0 Å². The molecule has 6 heteroatoms. The van der Waals surface area contributed by atoms with E-state index in [0.717, 1.165) is 25.0 Å². The number of hydrogen-bond donors (Lipinski definition) is 2. The zero-order valence-electron chi connectivity index (χ0n) is 11.5. The number of hydrogen-bond acceptors (Lipinski definition) is 3. The fourth-order valence-electron chi connectivity index (χ4n) is 1.96. The molecule has 0 radical (unpaired) electrons. The first-order valence-corrected chi connectivity index (χ1v) is 7.56. The molecule has 4 nitrogen and oxygen atoms in total. The van der Waals surface area contributed by atoms with Crippen molar-refractivity contribution in [2.45, 2.75) is 18.9 Å². The van der Waals surface area contributed by atoms with Gasteiger partial charge in [0.2, 0.25) is 5.91 Å². The van der Waals surface area contributed by atoms with E-state index in [1.54, 1.807) is 18.2 Å². The van der Waals surface area contributed by atoms with Gasteiger partial charge in [0.05, 0.1) is 6.10 Å². The van der Waals surface area contributed by atoms with Gasteiger partial charge in [-0.05, 0) is 48.8 Å². The second-order valence-corrected chi connectivity index (χ2v) is 5.56. The van der Waals surface area contributed by atoms with Crippen LogP contribution in [0.15, 0.2) is 30.3 Å². The Morgan fingerprint density at radius 1 is 1.43 bits per heavy atom. The summed E-state index contributed by atoms with van der Waals surface area (Å²) in [6, 6.07) is 7.21. The van der Waals surface area contributed by atoms with Gasteiger partial charge in [-0.3, -0.25) is 10.1 Å². The molecular formula is C15H17ClN2O2S. The molecule has 1 aromatic rings. The summed E-state index contributed by atoms with van der Waals surface area (Å²) in [5, 5.41) is 6.56.